The minimum atomic E-state index is 0.450. The Labute approximate surface area is 170 Å². The van der Waals surface area contributed by atoms with E-state index in [2.05, 4.69) is 27.2 Å². The number of aromatic amines is 1. The quantitative estimate of drug-likeness (QED) is 0.663. The van der Waals surface area contributed by atoms with Crippen LogP contribution in [0, 0.1) is 0 Å². The highest BCUT2D eigenvalue weighted by Gasteiger charge is 2.23. The summed E-state index contributed by atoms with van der Waals surface area (Å²) in [6.45, 7) is 3.28. The van der Waals surface area contributed by atoms with Crippen LogP contribution in [0.2, 0.25) is 5.02 Å². The Hall–Kier alpha value is -2.37. The van der Waals surface area contributed by atoms with Crippen molar-refractivity contribution in [2.24, 2.45) is 0 Å². The molecule has 0 bridgehead atoms. The van der Waals surface area contributed by atoms with E-state index in [1.807, 2.05) is 36.4 Å². The summed E-state index contributed by atoms with van der Waals surface area (Å²) in [6, 6.07) is 16.0. The van der Waals surface area contributed by atoms with E-state index in [1.54, 1.807) is 7.11 Å². The van der Waals surface area contributed by atoms with Gasteiger partial charge in [-0.3, -0.25) is 5.10 Å². The maximum atomic E-state index is 5.96. The number of nitrogens with zero attached hydrogens (tertiary/aromatic N) is 3. The average Bonchev–Trinajstić information content (AvgIpc) is 3.24. The normalized spacial score (nSPS) is 15.6. The van der Waals surface area contributed by atoms with Crippen LogP contribution in [0.4, 0.5) is 0 Å². The standard InChI is InChI=1S/C22H25ClN4O/c1-28-20-8-2-16(3-9-20)10-13-27-14-11-18(12-15-27)22-24-21(25-26-22)17-4-6-19(23)7-5-17/h2-9,18H,10-15H2,1H3,(H,24,25,26). The zero-order chi connectivity index (χ0) is 19.3. The fourth-order valence-corrected chi connectivity index (χ4v) is 3.82. The zero-order valence-corrected chi connectivity index (χ0v) is 16.8. The molecule has 1 N–H and O–H groups in total. The SMILES string of the molecule is COc1ccc(CCN2CCC(c3nc(-c4ccc(Cl)cc4)n[nH]3)CC2)cc1. The largest absolute Gasteiger partial charge is 0.497 e. The number of piperidine rings is 1. The second kappa shape index (κ2) is 8.76. The third-order valence-electron chi connectivity index (χ3n) is 5.46. The Morgan fingerprint density at radius 2 is 1.79 bits per heavy atom. The molecule has 0 saturated carbocycles. The molecule has 1 aromatic heterocycles. The first-order valence-electron chi connectivity index (χ1n) is 9.75. The van der Waals surface area contributed by atoms with Crippen LogP contribution in [0.3, 0.4) is 0 Å². The Kier molecular flexibility index (Phi) is 5.93. The molecule has 1 aliphatic rings. The van der Waals surface area contributed by atoms with Crippen LogP contribution < -0.4 is 4.74 Å². The number of rotatable bonds is 6. The van der Waals surface area contributed by atoms with Crippen LogP contribution in [0.5, 0.6) is 5.75 Å². The highest BCUT2D eigenvalue weighted by atomic mass is 35.5. The average molecular weight is 397 g/mol. The summed E-state index contributed by atoms with van der Waals surface area (Å²) in [4.78, 5) is 7.27. The molecule has 0 atom stereocenters. The maximum Gasteiger partial charge on any atom is 0.181 e. The van der Waals surface area contributed by atoms with Gasteiger partial charge in [-0.15, -0.1) is 0 Å². The molecule has 4 rings (SSSR count). The Balaban J connectivity index is 1.28. The van der Waals surface area contributed by atoms with Crippen molar-refractivity contribution in [2.45, 2.75) is 25.2 Å². The summed E-state index contributed by atoms with van der Waals surface area (Å²) in [6.07, 6.45) is 3.29. The molecule has 3 aromatic rings. The molecular weight excluding hydrogens is 372 g/mol. The first kappa shape index (κ1) is 19.0. The van der Waals surface area contributed by atoms with Gasteiger partial charge >= 0.3 is 0 Å². The van der Waals surface area contributed by atoms with E-state index in [9.17, 15) is 0 Å². The van der Waals surface area contributed by atoms with Crippen LogP contribution in [-0.2, 0) is 6.42 Å². The third-order valence-corrected chi connectivity index (χ3v) is 5.71. The van der Waals surface area contributed by atoms with Gasteiger partial charge in [-0.2, -0.15) is 5.10 Å². The van der Waals surface area contributed by atoms with Gasteiger partial charge in [-0.25, -0.2) is 4.98 Å². The van der Waals surface area contributed by atoms with E-state index in [0.29, 0.717) is 5.92 Å². The van der Waals surface area contributed by atoms with Crippen molar-refractivity contribution in [1.82, 2.24) is 20.1 Å². The molecule has 6 heteroatoms. The van der Waals surface area contributed by atoms with Crippen molar-refractivity contribution < 1.29 is 4.74 Å². The molecule has 0 aliphatic carbocycles. The first-order valence-corrected chi connectivity index (χ1v) is 10.1. The molecule has 0 radical (unpaired) electrons. The van der Waals surface area contributed by atoms with Crippen LogP contribution in [0.1, 0.15) is 30.1 Å². The molecule has 0 amide bonds. The number of ether oxygens (including phenoxy) is 1. The molecule has 1 saturated heterocycles. The minimum absolute atomic E-state index is 0.450. The number of H-pyrrole nitrogens is 1. The lowest BCUT2D eigenvalue weighted by atomic mass is 9.96. The highest BCUT2D eigenvalue weighted by Crippen LogP contribution is 2.27. The van der Waals surface area contributed by atoms with Gasteiger partial charge in [0, 0.05) is 23.0 Å². The molecule has 5 nitrogen and oxygen atoms in total. The second-order valence-corrected chi connectivity index (χ2v) is 7.70. The van der Waals surface area contributed by atoms with Crippen molar-refractivity contribution >= 4 is 11.6 Å². The van der Waals surface area contributed by atoms with E-state index in [1.165, 1.54) is 5.56 Å². The topological polar surface area (TPSA) is 54.0 Å². The molecule has 146 valence electrons. The predicted molar refractivity (Wildman–Crippen MR) is 112 cm³/mol. The summed E-state index contributed by atoms with van der Waals surface area (Å²) in [5.41, 5.74) is 2.34. The van der Waals surface area contributed by atoms with Gasteiger partial charge in [0.1, 0.15) is 11.6 Å². The van der Waals surface area contributed by atoms with Crippen LogP contribution >= 0.6 is 11.6 Å². The van der Waals surface area contributed by atoms with Crippen molar-refractivity contribution in [3.05, 3.63) is 64.9 Å². The lowest BCUT2D eigenvalue weighted by molar-refractivity contribution is 0.211. The predicted octanol–water partition coefficient (Wildman–Crippen LogP) is 4.56. The fraction of sp³-hybridized carbons (Fsp3) is 0.364. The molecule has 1 fully saturated rings. The van der Waals surface area contributed by atoms with E-state index in [-0.39, 0.29) is 0 Å². The van der Waals surface area contributed by atoms with Crippen LogP contribution in [0.25, 0.3) is 11.4 Å². The molecule has 0 unspecified atom stereocenters. The number of halogens is 1. The minimum Gasteiger partial charge on any atom is -0.497 e. The number of hydrogen-bond donors (Lipinski definition) is 1. The van der Waals surface area contributed by atoms with E-state index >= 15 is 0 Å². The van der Waals surface area contributed by atoms with Gasteiger partial charge in [0.2, 0.25) is 0 Å². The first-order chi connectivity index (χ1) is 13.7. The molecule has 2 heterocycles. The van der Waals surface area contributed by atoms with E-state index < -0.39 is 0 Å². The van der Waals surface area contributed by atoms with E-state index in [0.717, 1.165) is 66.9 Å². The summed E-state index contributed by atoms with van der Waals surface area (Å²) in [7, 11) is 1.70. The molecular formula is C22H25ClN4O. The Morgan fingerprint density at radius 1 is 1.07 bits per heavy atom. The van der Waals surface area contributed by atoms with Gasteiger partial charge in [-0.1, -0.05) is 23.7 Å². The lowest BCUT2D eigenvalue weighted by Gasteiger charge is -2.30. The van der Waals surface area contributed by atoms with Crippen LogP contribution in [-0.4, -0.2) is 46.8 Å². The molecule has 1 aliphatic heterocycles. The molecule has 28 heavy (non-hydrogen) atoms. The summed E-state index contributed by atoms with van der Waals surface area (Å²) in [5, 5.41) is 8.27. The summed E-state index contributed by atoms with van der Waals surface area (Å²) < 4.78 is 5.22. The highest BCUT2D eigenvalue weighted by molar-refractivity contribution is 6.30. The van der Waals surface area contributed by atoms with Crippen LogP contribution in [0.15, 0.2) is 48.5 Å². The molecule has 0 spiro atoms. The van der Waals surface area contributed by atoms with Gasteiger partial charge in [0.05, 0.1) is 7.11 Å². The smallest absolute Gasteiger partial charge is 0.181 e. The number of likely N-dealkylation sites (tertiary alicyclic amines) is 1. The Bertz CT molecular complexity index is 884. The van der Waals surface area contributed by atoms with Crippen molar-refractivity contribution in [3.8, 4) is 17.1 Å². The lowest BCUT2D eigenvalue weighted by Crippen LogP contribution is -2.34. The van der Waals surface area contributed by atoms with E-state index in [4.69, 9.17) is 21.3 Å². The zero-order valence-electron chi connectivity index (χ0n) is 16.1. The van der Waals surface area contributed by atoms with Crippen molar-refractivity contribution in [2.75, 3.05) is 26.7 Å². The van der Waals surface area contributed by atoms with Gasteiger partial charge < -0.3 is 9.64 Å². The molecule has 2 aromatic carbocycles. The van der Waals surface area contributed by atoms with Gasteiger partial charge in [-0.05, 0) is 74.3 Å². The van der Waals surface area contributed by atoms with Crippen molar-refractivity contribution in [1.29, 1.82) is 0 Å². The monoisotopic (exact) mass is 396 g/mol. The van der Waals surface area contributed by atoms with Crippen molar-refractivity contribution in [3.63, 3.8) is 0 Å². The van der Waals surface area contributed by atoms with Gasteiger partial charge in [0.25, 0.3) is 0 Å². The maximum absolute atomic E-state index is 5.96. The second-order valence-electron chi connectivity index (χ2n) is 7.27. The fourth-order valence-electron chi connectivity index (χ4n) is 3.69. The number of nitrogens with one attached hydrogen (secondary N) is 1. The third kappa shape index (κ3) is 4.54. The Morgan fingerprint density at radius 3 is 2.46 bits per heavy atom. The number of hydrogen-bond acceptors (Lipinski definition) is 4. The van der Waals surface area contributed by atoms with Gasteiger partial charge in [0.15, 0.2) is 5.82 Å². The number of methoxy groups -OCH3 is 1. The number of benzene rings is 2. The summed E-state index contributed by atoms with van der Waals surface area (Å²) >= 11 is 5.96. The summed E-state index contributed by atoms with van der Waals surface area (Å²) in [5.74, 6) is 3.11. The number of aromatic nitrogens is 3.